The minimum atomic E-state index is -0.434. The Morgan fingerprint density at radius 1 is 1.75 bits per heavy atom. The van der Waals surface area contributed by atoms with Gasteiger partial charge in [-0.15, -0.1) is 0 Å². The summed E-state index contributed by atoms with van der Waals surface area (Å²) in [4.78, 5) is 13.1. The van der Waals surface area contributed by atoms with Gasteiger partial charge in [-0.3, -0.25) is 4.79 Å². The first kappa shape index (κ1) is 9.52. The highest BCUT2D eigenvalue weighted by atomic mass is 16.3. The molecular weight excluding hydrogens is 154 g/mol. The van der Waals surface area contributed by atoms with Crippen LogP contribution in [-0.2, 0) is 4.79 Å². The average molecular weight is 171 g/mol. The molecule has 1 aliphatic heterocycles. The van der Waals surface area contributed by atoms with Crippen LogP contribution in [0.5, 0.6) is 0 Å². The van der Waals surface area contributed by atoms with Crippen LogP contribution in [0.25, 0.3) is 0 Å². The molecule has 1 aliphatic rings. The zero-order valence-corrected chi connectivity index (χ0v) is 7.79. The Balaban J connectivity index is 2.46. The second-order valence-corrected chi connectivity index (χ2v) is 3.54. The fourth-order valence-electron chi connectivity index (χ4n) is 1.71. The highest BCUT2D eigenvalue weighted by Crippen LogP contribution is 2.16. The third kappa shape index (κ3) is 1.97. The van der Waals surface area contributed by atoms with Crippen LogP contribution < -0.4 is 0 Å². The van der Waals surface area contributed by atoms with E-state index < -0.39 is 6.10 Å². The molecule has 70 valence electrons. The van der Waals surface area contributed by atoms with Crippen molar-refractivity contribution in [2.24, 2.45) is 0 Å². The van der Waals surface area contributed by atoms with E-state index in [2.05, 4.69) is 6.92 Å². The Labute approximate surface area is 73.4 Å². The van der Waals surface area contributed by atoms with E-state index in [-0.39, 0.29) is 5.91 Å². The van der Waals surface area contributed by atoms with Crippen LogP contribution in [-0.4, -0.2) is 34.6 Å². The van der Waals surface area contributed by atoms with Crippen molar-refractivity contribution in [1.29, 1.82) is 0 Å². The smallest absolute Gasteiger partial charge is 0.225 e. The Morgan fingerprint density at radius 3 is 2.83 bits per heavy atom. The number of carbonyl (C=O) groups excluding carboxylic acids is 1. The Bertz CT molecular complexity index is 170. The van der Waals surface area contributed by atoms with Gasteiger partial charge in [-0.2, -0.15) is 0 Å². The number of hydrogen-bond donors (Lipinski definition) is 1. The molecule has 0 aliphatic carbocycles. The summed E-state index contributed by atoms with van der Waals surface area (Å²) < 4.78 is 0. The van der Waals surface area contributed by atoms with Crippen molar-refractivity contribution in [1.82, 2.24) is 4.90 Å². The van der Waals surface area contributed by atoms with Crippen LogP contribution in [0.4, 0.5) is 0 Å². The van der Waals surface area contributed by atoms with Gasteiger partial charge in [-0.05, 0) is 13.3 Å². The highest BCUT2D eigenvalue weighted by molar-refractivity contribution is 5.79. The van der Waals surface area contributed by atoms with Crippen molar-refractivity contribution in [3.05, 3.63) is 0 Å². The van der Waals surface area contributed by atoms with Gasteiger partial charge in [-0.1, -0.05) is 13.3 Å². The molecule has 12 heavy (non-hydrogen) atoms. The molecule has 3 heteroatoms. The summed E-state index contributed by atoms with van der Waals surface area (Å²) in [6.07, 6.45) is 1.99. The molecule has 0 aromatic heterocycles. The Hall–Kier alpha value is -0.570. The molecular formula is C9H17NO2. The molecule has 0 radical (unpaired) electrons. The zero-order chi connectivity index (χ0) is 9.14. The summed E-state index contributed by atoms with van der Waals surface area (Å²) in [5, 5.41) is 9.22. The number of carbonyl (C=O) groups is 1. The van der Waals surface area contributed by atoms with E-state index in [1.165, 1.54) is 0 Å². The molecule has 1 amide bonds. The van der Waals surface area contributed by atoms with Gasteiger partial charge in [-0.25, -0.2) is 0 Å². The van der Waals surface area contributed by atoms with Gasteiger partial charge in [0.2, 0.25) is 5.91 Å². The average Bonchev–Trinajstić information content (AvgIpc) is 2.30. The summed E-state index contributed by atoms with van der Waals surface area (Å²) in [5.41, 5.74) is 0. The third-order valence-corrected chi connectivity index (χ3v) is 2.38. The van der Waals surface area contributed by atoms with E-state index in [9.17, 15) is 9.90 Å². The normalized spacial score (nSPS) is 26.4. The van der Waals surface area contributed by atoms with E-state index in [1.54, 1.807) is 4.90 Å². The number of nitrogens with zero attached hydrogens (tertiary/aromatic N) is 1. The molecule has 3 nitrogen and oxygen atoms in total. The molecule has 0 saturated carbocycles. The van der Waals surface area contributed by atoms with Crippen molar-refractivity contribution >= 4 is 5.91 Å². The third-order valence-electron chi connectivity index (χ3n) is 2.38. The second kappa shape index (κ2) is 3.90. The summed E-state index contributed by atoms with van der Waals surface area (Å²) in [6.45, 7) is 4.67. The lowest BCUT2D eigenvalue weighted by Gasteiger charge is -2.23. The zero-order valence-electron chi connectivity index (χ0n) is 7.79. The predicted molar refractivity (Wildman–Crippen MR) is 46.7 cm³/mol. The monoisotopic (exact) mass is 171 g/mol. The lowest BCUT2D eigenvalue weighted by molar-refractivity contribution is -0.129. The number of aliphatic hydroxyl groups excluding tert-OH is 1. The number of β-amino-alcohol motifs (C(OH)–C–C–N with tert-alkyl or cyclic N) is 1. The SMILES string of the molecule is CCCC(C)N1CC(O)CC1=O. The van der Waals surface area contributed by atoms with Gasteiger partial charge >= 0.3 is 0 Å². The van der Waals surface area contributed by atoms with Crippen molar-refractivity contribution in [3.63, 3.8) is 0 Å². The van der Waals surface area contributed by atoms with Crippen molar-refractivity contribution in [3.8, 4) is 0 Å². The number of amides is 1. The molecule has 0 aromatic carbocycles. The van der Waals surface area contributed by atoms with Gasteiger partial charge in [0.15, 0.2) is 0 Å². The number of likely N-dealkylation sites (tertiary alicyclic amines) is 1. The molecule has 1 N–H and O–H groups in total. The first-order valence-corrected chi connectivity index (χ1v) is 4.62. The van der Waals surface area contributed by atoms with Crippen LogP contribution in [0.15, 0.2) is 0 Å². The van der Waals surface area contributed by atoms with E-state index in [1.807, 2.05) is 6.92 Å². The summed E-state index contributed by atoms with van der Waals surface area (Å²) in [6, 6.07) is 0.291. The van der Waals surface area contributed by atoms with Crippen molar-refractivity contribution in [2.75, 3.05) is 6.54 Å². The van der Waals surface area contributed by atoms with Gasteiger partial charge < -0.3 is 10.0 Å². The van der Waals surface area contributed by atoms with Crippen LogP contribution in [0.2, 0.25) is 0 Å². The van der Waals surface area contributed by atoms with Crippen molar-refractivity contribution < 1.29 is 9.90 Å². The molecule has 1 heterocycles. The Kier molecular flexibility index (Phi) is 3.09. The maximum absolute atomic E-state index is 11.3. The van der Waals surface area contributed by atoms with Crippen molar-refractivity contribution in [2.45, 2.75) is 45.3 Å². The lowest BCUT2D eigenvalue weighted by Crippen LogP contribution is -2.34. The molecule has 0 spiro atoms. The minimum absolute atomic E-state index is 0.100. The molecule has 1 fully saturated rings. The summed E-state index contributed by atoms with van der Waals surface area (Å²) >= 11 is 0. The van der Waals surface area contributed by atoms with E-state index >= 15 is 0 Å². The molecule has 0 bridgehead atoms. The lowest BCUT2D eigenvalue weighted by atomic mass is 10.2. The topological polar surface area (TPSA) is 40.5 Å². The van der Waals surface area contributed by atoms with E-state index in [4.69, 9.17) is 0 Å². The van der Waals surface area contributed by atoms with Crippen LogP contribution in [0.1, 0.15) is 33.1 Å². The summed E-state index contributed by atoms with van der Waals surface area (Å²) in [5.74, 6) is 0.100. The number of hydrogen-bond acceptors (Lipinski definition) is 2. The Morgan fingerprint density at radius 2 is 2.42 bits per heavy atom. The predicted octanol–water partition coefficient (Wildman–Crippen LogP) is 0.768. The number of aliphatic hydroxyl groups is 1. The van der Waals surface area contributed by atoms with Gasteiger partial charge in [0.25, 0.3) is 0 Å². The van der Waals surface area contributed by atoms with E-state index in [0.717, 1.165) is 12.8 Å². The van der Waals surface area contributed by atoms with Crippen LogP contribution in [0, 0.1) is 0 Å². The van der Waals surface area contributed by atoms with Crippen LogP contribution >= 0.6 is 0 Å². The largest absolute Gasteiger partial charge is 0.391 e. The molecule has 1 saturated heterocycles. The molecule has 2 atom stereocenters. The fraction of sp³-hybridized carbons (Fsp3) is 0.889. The summed E-state index contributed by atoms with van der Waals surface area (Å²) in [7, 11) is 0. The standard InChI is InChI=1S/C9H17NO2/c1-3-4-7(2)10-6-8(11)5-9(10)12/h7-8,11H,3-6H2,1-2H3. The minimum Gasteiger partial charge on any atom is -0.391 e. The molecule has 1 rings (SSSR count). The maximum Gasteiger partial charge on any atom is 0.225 e. The first-order chi connectivity index (χ1) is 5.65. The first-order valence-electron chi connectivity index (χ1n) is 4.62. The highest BCUT2D eigenvalue weighted by Gasteiger charge is 2.30. The van der Waals surface area contributed by atoms with Gasteiger partial charge in [0, 0.05) is 12.6 Å². The van der Waals surface area contributed by atoms with E-state index in [0.29, 0.717) is 19.0 Å². The molecule has 0 aromatic rings. The fourth-order valence-corrected chi connectivity index (χ4v) is 1.71. The quantitative estimate of drug-likeness (QED) is 0.681. The number of rotatable bonds is 3. The molecule has 2 unspecified atom stereocenters. The van der Waals surface area contributed by atoms with Crippen LogP contribution in [0.3, 0.4) is 0 Å². The van der Waals surface area contributed by atoms with Gasteiger partial charge in [0.05, 0.1) is 12.5 Å². The van der Waals surface area contributed by atoms with Gasteiger partial charge in [0.1, 0.15) is 0 Å². The maximum atomic E-state index is 11.3. The second-order valence-electron chi connectivity index (χ2n) is 3.54.